The van der Waals surface area contributed by atoms with Gasteiger partial charge < -0.3 is 14.2 Å². The van der Waals surface area contributed by atoms with Gasteiger partial charge in [0.25, 0.3) is 0 Å². The highest BCUT2D eigenvalue weighted by Crippen LogP contribution is 2.34. The van der Waals surface area contributed by atoms with Crippen LogP contribution in [0.2, 0.25) is 0 Å². The highest BCUT2D eigenvalue weighted by Gasteiger charge is 2.34. The second kappa shape index (κ2) is 26.5. The number of halogens is 9. The molecule has 0 amide bonds. The van der Waals surface area contributed by atoms with E-state index < -0.39 is 89.2 Å². The summed E-state index contributed by atoms with van der Waals surface area (Å²) in [6.45, 7) is -0.703. The molecule has 0 bridgehead atoms. The number of hydrogen-bond acceptors (Lipinski definition) is 12. The summed E-state index contributed by atoms with van der Waals surface area (Å²) >= 11 is 0. The lowest BCUT2D eigenvalue weighted by molar-refractivity contribution is -0.148. The van der Waals surface area contributed by atoms with Gasteiger partial charge in [0.15, 0.2) is 0 Å². The van der Waals surface area contributed by atoms with Gasteiger partial charge in [0.2, 0.25) is 0 Å². The lowest BCUT2D eigenvalue weighted by Gasteiger charge is -2.21. The Kier molecular flexibility index (Phi) is 22.0. The van der Waals surface area contributed by atoms with E-state index in [2.05, 4.69) is 0 Å². The van der Waals surface area contributed by atoms with E-state index in [1.54, 1.807) is 0 Å². The first-order valence-electron chi connectivity index (χ1n) is 23.0. The number of ether oxygens (including phenoxy) is 3. The topological polar surface area (TPSA) is 181 Å². The largest absolute Gasteiger partial charge is 0.461 e. The lowest BCUT2D eigenvalue weighted by atomic mass is 9.97. The summed E-state index contributed by atoms with van der Waals surface area (Å²) in [4.78, 5) is 35.1. The fraction of sp³-hybridized carbons (Fsp3) is 0.562. The summed E-state index contributed by atoms with van der Waals surface area (Å²) in [5.74, 6) is -0.0724. The maximum absolute atomic E-state index is 12.8. The first kappa shape index (κ1) is 59.8. The number of esters is 3. The van der Waals surface area contributed by atoms with Crippen LogP contribution in [0.1, 0.15) is 110 Å². The van der Waals surface area contributed by atoms with Crippen molar-refractivity contribution in [3.63, 3.8) is 0 Å². The van der Waals surface area contributed by atoms with Crippen molar-refractivity contribution in [2.45, 2.75) is 115 Å². The van der Waals surface area contributed by atoms with Crippen molar-refractivity contribution < 1.29 is 93.4 Å². The van der Waals surface area contributed by atoms with E-state index in [0.29, 0.717) is 63.4 Å². The Morgan fingerprint density at radius 1 is 0.431 bits per heavy atom. The molecular formula is C48H57F9O12S3. The third-order valence-corrected chi connectivity index (χ3v) is 17.5. The Morgan fingerprint density at radius 2 is 0.806 bits per heavy atom. The van der Waals surface area contributed by atoms with Crippen LogP contribution in [-0.2, 0) is 96.5 Å². The summed E-state index contributed by atoms with van der Waals surface area (Å²) in [7, 11) is -8.78. The minimum absolute atomic E-state index is 0.0734. The number of carbonyl (C=O) groups is 3. The van der Waals surface area contributed by atoms with Crippen molar-refractivity contribution in [3.8, 4) is 0 Å². The van der Waals surface area contributed by atoms with Crippen LogP contribution in [0.4, 0.5) is 39.5 Å². The molecule has 3 fully saturated rings. The molecule has 0 radical (unpaired) electrons. The molecule has 3 aromatic rings. The summed E-state index contributed by atoms with van der Waals surface area (Å²) < 4.78 is 197. The van der Waals surface area contributed by atoms with Gasteiger partial charge in [0, 0.05) is 24.8 Å². The Bertz CT molecular complexity index is 2560. The van der Waals surface area contributed by atoms with Gasteiger partial charge in [-0.3, -0.25) is 14.4 Å². The normalized spacial score (nSPS) is 18.3. The van der Waals surface area contributed by atoms with Crippen LogP contribution in [0.5, 0.6) is 0 Å². The maximum Gasteiger partial charge on any atom is 0.416 e. The summed E-state index contributed by atoms with van der Waals surface area (Å²) in [5, 5.41) is 0. The van der Waals surface area contributed by atoms with E-state index >= 15 is 0 Å². The first-order chi connectivity index (χ1) is 33.5. The highest BCUT2D eigenvalue weighted by molar-refractivity contribution is 7.91. The number of carbonyl (C=O) groups excluding carboxylic acids is 3. The van der Waals surface area contributed by atoms with Crippen molar-refractivity contribution in [1.29, 1.82) is 0 Å². The fourth-order valence-corrected chi connectivity index (χ4v) is 12.7. The molecule has 0 unspecified atom stereocenters. The molecule has 3 saturated heterocycles. The van der Waals surface area contributed by atoms with Gasteiger partial charge in [0.1, 0.15) is 49.3 Å². The van der Waals surface area contributed by atoms with Crippen LogP contribution in [0.3, 0.4) is 0 Å². The van der Waals surface area contributed by atoms with Gasteiger partial charge in [-0.25, -0.2) is 25.3 Å². The zero-order chi connectivity index (χ0) is 53.4. The van der Waals surface area contributed by atoms with Gasteiger partial charge in [-0.05, 0) is 117 Å². The minimum atomic E-state index is -4.49. The Labute approximate surface area is 413 Å². The monoisotopic (exact) mass is 1090 g/mol. The fourth-order valence-electron chi connectivity index (χ4n) is 7.90. The van der Waals surface area contributed by atoms with E-state index in [4.69, 9.17) is 14.2 Å². The van der Waals surface area contributed by atoms with Crippen LogP contribution in [0, 0.1) is 17.8 Å². The van der Waals surface area contributed by atoms with Crippen LogP contribution in [0.25, 0.3) is 0 Å². The molecule has 3 aromatic carbocycles. The van der Waals surface area contributed by atoms with E-state index in [0.717, 1.165) is 30.3 Å². The zero-order valence-corrected chi connectivity index (χ0v) is 41.5. The molecule has 3 aliphatic rings. The number of alkyl halides is 9. The van der Waals surface area contributed by atoms with Crippen molar-refractivity contribution in [3.05, 3.63) is 106 Å². The molecule has 0 aliphatic carbocycles. The average molecular weight is 1090 g/mol. The standard InChI is InChI=1S/3C16H19F3O4S/c17-16(18,19)14-4-1-13(2-5-14)11-23-15(20)6-3-12-7-9-24(21,22)10-8-12;17-16(18,19)14-3-1-2-13(10-14)11-23-15(20)5-4-12-6-8-24(21,22)9-7-12;17-16(18,19)14-4-2-1-3-13(14)11-23-15(20)6-5-12-7-9-24(21,22)10-8-12/h1-2,4-5,12H,3,6-11H2;1-3,10,12H,4-9,11H2;1-4,12H,5-11H2. The Balaban J connectivity index is 0.000000234. The SMILES string of the molecule is O=C(CCC1CCS(=O)(=O)CC1)OCc1ccc(C(F)(F)F)cc1.O=C(CCC1CCS(=O)(=O)CC1)OCc1cccc(C(F)(F)F)c1.O=C(CCC1CCS(=O)(=O)CC1)OCc1ccccc1C(F)(F)F. The summed E-state index contributed by atoms with van der Waals surface area (Å²) in [6.07, 6.45) is -8.03. The Morgan fingerprint density at radius 3 is 1.19 bits per heavy atom. The molecule has 0 atom stereocenters. The van der Waals surface area contributed by atoms with E-state index in [1.165, 1.54) is 42.5 Å². The number of sulfone groups is 3. The molecule has 72 heavy (non-hydrogen) atoms. The van der Waals surface area contributed by atoms with Crippen molar-refractivity contribution in [1.82, 2.24) is 0 Å². The second-order valence-corrected chi connectivity index (χ2v) is 24.8. The molecule has 0 saturated carbocycles. The number of hydrogen-bond donors (Lipinski definition) is 0. The second-order valence-electron chi connectivity index (χ2n) is 17.9. The van der Waals surface area contributed by atoms with E-state index in [1.807, 2.05) is 0 Å². The van der Waals surface area contributed by atoms with Crippen LogP contribution in [-0.4, -0.2) is 77.7 Å². The average Bonchev–Trinajstić information content (AvgIpc) is 3.31. The molecule has 0 N–H and O–H groups in total. The van der Waals surface area contributed by atoms with Crippen LogP contribution >= 0.6 is 0 Å². The first-order valence-corrected chi connectivity index (χ1v) is 28.5. The van der Waals surface area contributed by atoms with Gasteiger partial charge in [-0.1, -0.05) is 42.5 Å². The quantitative estimate of drug-likeness (QED) is 0.0799. The Hall–Kier alpha value is -4.71. The maximum atomic E-state index is 12.8. The lowest BCUT2D eigenvalue weighted by Crippen LogP contribution is -2.23. The molecule has 402 valence electrons. The molecule has 0 aromatic heterocycles. The molecular weight excluding hydrogens is 1040 g/mol. The van der Waals surface area contributed by atoms with Crippen LogP contribution < -0.4 is 0 Å². The third-order valence-electron chi connectivity index (χ3n) is 12.3. The van der Waals surface area contributed by atoms with Gasteiger partial charge in [-0.15, -0.1) is 0 Å². The molecule has 0 spiro atoms. The van der Waals surface area contributed by atoms with Gasteiger partial charge >= 0.3 is 36.4 Å². The molecule has 24 heteroatoms. The predicted molar refractivity (Wildman–Crippen MR) is 246 cm³/mol. The minimum Gasteiger partial charge on any atom is -0.461 e. The third kappa shape index (κ3) is 22.2. The summed E-state index contributed by atoms with van der Waals surface area (Å²) in [6, 6.07) is 14.1. The van der Waals surface area contributed by atoms with Gasteiger partial charge in [-0.2, -0.15) is 39.5 Å². The number of benzene rings is 3. The predicted octanol–water partition coefficient (Wildman–Crippen LogP) is 10.1. The van der Waals surface area contributed by atoms with E-state index in [-0.39, 0.29) is 95.9 Å². The summed E-state index contributed by atoms with van der Waals surface area (Å²) in [5.41, 5.74) is -1.65. The number of rotatable bonds is 15. The highest BCUT2D eigenvalue weighted by atomic mass is 32.2. The van der Waals surface area contributed by atoms with Crippen LogP contribution in [0.15, 0.2) is 72.8 Å². The molecule has 3 aliphatic heterocycles. The van der Waals surface area contributed by atoms with Gasteiger partial charge in [0.05, 0.1) is 51.2 Å². The molecule has 6 rings (SSSR count). The zero-order valence-electron chi connectivity index (χ0n) is 39.0. The smallest absolute Gasteiger partial charge is 0.416 e. The van der Waals surface area contributed by atoms with Crippen molar-refractivity contribution in [2.24, 2.45) is 17.8 Å². The molecule has 3 heterocycles. The molecule has 12 nitrogen and oxygen atoms in total. The van der Waals surface area contributed by atoms with Crippen molar-refractivity contribution in [2.75, 3.05) is 34.5 Å². The van der Waals surface area contributed by atoms with Crippen molar-refractivity contribution >= 4 is 47.4 Å². The van der Waals surface area contributed by atoms with E-state index in [9.17, 15) is 79.2 Å².